The molecule has 146 valence electrons. The van der Waals surface area contributed by atoms with E-state index in [1.165, 1.54) is 17.7 Å². The Labute approximate surface area is 165 Å². The van der Waals surface area contributed by atoms with Crippen LogP contribution >= 0.6 is 0 Å². The molecule has 1 amide bonds. The van der Waals surface area contributed by atoms with Crippen LogP contribution in [-0.2, 0) is 13.1 Å². The molecule has 4 nitrogen and oxygen atoms in total. The predicted octanol–water partition coefficient (Wildman–Crippen LogP) is 4.45. The zero-order valence-corrected chi connectivity index (χ0v) is 16.6. The molecule has 0 unspecified atom stereocenters. The van der Waals surface area contributed by atoms with Gasteiger partial charge in [0.25, 0.3) is 5.91 Å². The highest BCUT2D eigenvalue weighted by molar-refractivity contribution is 5.98. The van der Waals surface area contributed by atoms with E-state index in [0.29, 0.717) is 23.3 Å². The molecule has 2 aromatic carbocycles. The Morgan fingerprint density at radius 2 is 1.71 bits per heavy atom. The molecule has 0 aliphatic heterocycles. The zero-order valence-electron chi connectivity index (χ0n) is 16.6. The van der Waals surface area contributed by atoms with E-state index in [1.54, 1.807) is 19.1 Å². The van der Waals surface area contributed by atoms with E-state index in [0.717, 1.165) is 30.6 Å². The molecule has 3 rings (SSSR count). The SMILES string of the molecule is CCN(CC)Cc1ccc(CNC(=O)c2cc3ccc(F)cc3nc2C)cc1. The third-order valence-electron chi connectivity index (χ3n) is 4.99. The molecule has 0 aliphatic rings. The molecule has 0 saturated carbocycles. The maximum Gasteiger partial charge on any atom is 0.253 e. The number of benzene rings is 2. The van der Waals surface area contributed by atoms with Gasteiger partial charge in [0.2, 0.25) is 0 Å². The third kappa shape index (κ3) is 4.73. The third-order valence-corrected chi connectivity index (χ3v) is 4.99. The number of amides is 1. The molecule has 5 heteroatoms. The monoisotopic (exact) mass is 379 g/mol. The molecule has 0 fully saturated rings. The number of nitrogens with zero attached hydrogens (tertiary/aromatic N) is 2. The minimum absolute atomic E-state index is 0.177. The number of carbonyl (C=O) groups is 1. The average molecular weight is 379 g/mol. The highest BCUT2D eigenvalue weighted by Gasteiger charge is 2.12. The topological polar surface area (TPSA) is 45.2 Å². The van der Waals surface area contributed by atoms with Crippen LogP contribution in [0.25, 0.3) is 10.9 Å². The molecule has 0 atom stereocenters. The maximum absolute atomic E-state index is 13.4. The molecule has 0 aliphatic carbocycles. The number of nitrogens with one attached hydrogen (secondary N) is 1. The van der Waals surface area contributed by atoms with Gasteiger partial charge in [-0.3, -0.25) is 14.7 Å². The Morgan fingerprint density at radius 1 is 1.04 bits per heavy atom. The smallest absolute Gasteiger partial charge is 0.253 e. The molecule has 0 bridgehead atoms. The molecule has 3 aromatic rings. The predicted molar refractivity (Wildman–Crippen MR) is 111 cm³/mol. The van der Waals surface area contributed by atoms with Gasteiger partial charge in [-0.1, -0.05) is 38.1 Å². The van der Waals surface area contributed by atoms with Crippen LogP contribution in [0.15, 0.2) is 48.5 Å². The number of pyridine rings is 1. The Bertz CT molecular complexity index is 965. The van der Waals surface area contributed by atoms with Gasteiger partial charge in [-0.2, -0.15) is 0 Å². The summed E-state index contributed by atoms with van der Waals surface area (Å²) >= 11 is 0. The van der Waals surface area contributed by atoms with Crippen LogP contribution in [-0.4, -0.2) is 28.9 Å². The lowest BCUT2D eigenvalue weighted by Gasteiger charge is -2.18. The number of halogens is 1. The van der Waals surface area contributed by atoms with Crippen LogP contribution in [0.2, 0.25) is 0 Å². The van der Waals surface area contributed by atoms with Gasteiger partial charge in [-0.25, -0.2) is 4.39 Å². The van der Waals surface area contributed by atoms with Gasteiger partial charge in [-0.05, 0) is 49.3 Å². The van der Waals surface area contributed by atoms with Crippen molar-refractivity contribution in [3.05, 3.63) is 76.7 Å². The van der Waals surface area contributed by atoms with Crippen molar-refractivity contribution >= 4 is 16.8 Å². The van der Waals surface area contributed by atoms with Crippen molar-refractivity contribution < 1.29 is 9.18 Å². The molecule has 0 saturated heterocycles. The lowest BCUT2D eigenvalue weighted by Crippen LogP contribution is -2.24. The van der Waals surface area contributed by atoms with Crippen molar-refractivity contribution in [2.45, 2.75) is 33.9 Å². The average Bonchev–Trinajstić information content (AvgIpc) is 2.70. The summed E-state index contributed by atoms with van der Waals surface area (Å²) in [6, 6.07) is 14.5. The van der Waals surface area contributed by atoms with Crippen LogP contribution in [0, 0.1) is 12.7 Å². The van der Waals surface area contributed by atoms with Crippen LogP contribution in [0.5, 0.6) is 0 Å². The van der Waals surface area contributed by atoms with Crippen molar-refractivity contribution in [3.63, 3.8) is 0 Å². The Morgan fingerprint density at radius 3 is 2.39 bits per heavy atom. The summed E-state index contributed by atoms with van der Waals surface area (Å²) in [5.41, 5.74) is 3.96. The van der Waals surface area contributed by atoms with E-state index in [9.17, 15) is 9.18 Å². The Hall–Kier alpha value is -2.79. The Kier molecular flexibility index (Phi) is 6.37. The van der Waals surface area contributed by atoms with Crippen LogP contribution in [0.3, 0.4) is 0 Å². The standard InChI is InChI=1S/C23H26FN3O/c1-4-27(5-2)15-18-8-6-17(7-9-18)14-25-23(28)21-12-19-10-11-20(24)13-22(19)26-16(21)3/h6-13H,4-5,14-15H2,1-3H3,(H,25,28). The number of hydrogen-bond acceptors (Lipinski definition) is 3. The van der Waals surface area contributed by atoms with Gasteiger partial charge in [-0.15, -0.1) is 0 Å². The minimum Gasteiger partial charge on any atom is -0.348 e. The van der Waals surface area contributed by atoms with Crippen LogP contribution in [0.4, 0.5) is 4.39 Å². The number of aromatic nitrogens is 1. The fraction of sp³-hybridized carbons (Fsp3) is 0.304. The molecule has 0 radical (unpaired) electrons. The fourth-order valence-corrected chi connectivity index (χ4v) is 3.21. The zero-order chi connectivity index (χ0) is 20.1. The van der Waals surface area contributed by atoms with E-state index in [-0.39, 0.29) is 11.7 Å². The van der Waals surface area contributed by atoms with Gasteiger partial charge in [0.1, 0.15) is 5.82 Å². The van der Waals surface area contributed by atoms with Crippen molar-refractivity contribution in [1.82, 2.24) is 15.2 Å². The van der Waals surface area contributed by atoms with E-state index < -0.39 is 0 Å². The summed E-state index contributed by atoms with van der Waals surface area (Å²) in [6.07, 6.45) is 0. The minimum atomic E-state index is -0.332. The maximum atomic E-state index is 13.4. The summed E-state index contributed by atoms with van der Waals surface area (Å²) in [4.78, 5) is 19.3. The quantitative estimate of drug-likeness (QED) is 0.659. The van der Waals surface area contributed by atoms with Crippen molar-refractivity contribution in [1.29, 1.82) is 0 Å². The molecular weight excluding hydrogens is 353 g/mol. The summed E-state index contributed by atoms with van der Waals surface area (Å²) in [5.74, 6) is -0.510. The van der Waals surface area contributed by atoms with Crippen molar-refractivity contribution in [3.8, 4) is 0 Å². The van der Waals surface area contributed by atoms with Gasteiger partial charge < -0.3 is 5.32 Å². The molecule has 1 N–H and O–H groups in total. The summed E-state index contributed by atoms with van der Waals surface area (Å²) < 4.78 is 13.4. The lowest BCUT2D eigenvalue weighted by atomic mass is 10.1. The van der Waals surface area contributed by atoms with E-state index in [2.05, 4.69) is 41.2 Å². The van der Waals surface area contributed by atoms with Crippen LogP contribution in [0.1, 0.15) is 41.0 Å². The second kappa shape index (κ2) is 8.93. The molecule has 1 aromatic heterocycles. The first kappa shape index (κ1) is 20.0. The summed E-state index contributed by atoms with van der Waals surface area (Å²) in [5, 5.41) is 3.70. The van der Waals surface area contributed by atoms with E-state index in [4.69, 9.17) is 0 Å². The fourth-order valence-electron chi connectivity index (χ4n) is 3.21. The highest BCUT2D eigenvalue weighted by atomic mass is 19.1. The Balaban J connectivity index is 1.66. The normalized spacial score (nSPS) is 11.2. The molecular formula is C23H26FN3O. The number of aryl methyl sites for hydroxylation is 1. The van der Waals surface area contributed by atoms with E-state index >= 15 is 0 Å². The second-order valence-electron chi connectivity index (χ2n) is 6.92. The summed E-state index contributed by atoms with van der Waals surface area (Å²) in [6.45, 7) is 9.52. The largest absolute Gasteiger partial charge is 0.348 e. The first-order valence-corrected chi connectivity index (χ1v) is 9.65. The lowest BCUT2D eigenvalue weighted by molar-refractivity contribution is 0.0950. The molecule has 0 spiro atoms. The number of hydrogen-bond donors (Lipinski definition) is 1. The number of rotatable bonds is 7. The molecule has 28 heavy (non-hydrogen) atoms. The second-order valence-corrected chi connectivity index (χ2v) is 6.92. The van der Waals surface area contributed by atoms with Gasteiger partial charge in [0, 0.05) is 24.5 Å². The van der Waals surface area contributed by atoms with Gasteiger partial charge >= 0.3 is 0 Å². The highest BCUT2D eigenvalue weighted by Crippen LogP contribution is 2.18. The first-order chi connectivity index (χ1) is 13.5. The molecule has 1 heterocycles. The van der Waals surface area contributed by atoms with Gasteiger partial charge in [0.05, 0.1) is 16.8 Å². The van der Waals surface area contributed by atoms with Crippen LogP contribution < -0.4 is 5.32 Å². The number of carbonyl (C=O) groups excluding carboxylic acids is 1. The van der Waals surface area contributed by atoms with Gasteiger partial charge in [0.15, 0.2) is 0 Å². The first-order valence-electron chi connectivity index (χ1n) is 9.65. The van der Waals surface area contributed by atoms with E-state index in [1.807, 2.05) is 12.1 Å². The summed E-state index contributed by atoms with van der Waals surface area (Å²) in [7, 11) is 0. The van der Waals surface area contributed by atoms with Crippen molar-refractivity contribution in [2.75, 3.05) is 13.1 Å². The number of fused-ring (bicyclic) bond motifs is 1. The van der Waals surface area contributed by atoms with Crippen molar-refractivity contribution in [2.24, 2.45) is 0 Å².